The van der Waals surface area contributed by atoms with Crippen LogP contribution in [-0.4, -0.2) is 54.6 Å². The van der Waals surface area contributed by atoms with Crippen molar-refractivity contribution in [3.8, 4) is 0 Å². The second-order valence-corrected chi connectivity index (χ2v) is 5.99. The van der Waals surface area contributed by atoms with Crippen LogP contribution in [0.5, 0.6) is 0 Å². The largest absolute Gasteiger partial charge is 0.370 e. The topological polar surface area (TPSA) is 44.3 Å². The quantitative estimate of drug-likeness (QED) is 0.872. The third-order valence-corrected chi connectivity index (χ3v) is 4.26. The first-order valence-electron chi connectivity index (χ1n) is 8.16. The summed E-state index contributed by atoms with van der Waals surface area (Å²) in [7, 11) is 4.35. The molecule has 1 fully saturated rings. The molecule has 0 spiro atoms. The Labute approximate surface area is 128 Å². The van der Waals surface area contributed by atoms with Crippen molar-refractivity contribution in [1.29, 1.82) is 0 Å². The lowest BCUT2D eigenvalue weighted by atomic mass is 10.0. The summed E-state index contributed by atoms with van der Waals surface area (Å²) >= 11 is 0. The minimum atomic E-state index is 0.700. The molecule has 0 saturated carbocycles. The van der Waals surface area contributed by atoms with E-state index in [9.17, 15) is 0 Å². The molecule has 0 atom stereocenters. The zero-order chi connectivity index (χ0) is 15.2. The fraction of sp³-hybridized carbons (Fsp3) is 0.750. The van der Waals surface area contributed by atoms with Gasteiger partial charge in [-0.2, -0.15) is 0 Å². The normalized spacial score (nSPS) is 16.5. The van der Waals surface area contributed by atoms with Crippen molar-refractivity contribution >= 4 is 11.6 Å². The lowest BCUT2D eigenvalue weighted by molar-refractivity contribution is 0.249. The van der Waals surface area contributed by atoms with Crippen LogP contribution in [-0.2, 0) is 6.42 Å². The maximum atomic E-state index is 4.59. The molecule has 1 aliphatic rings. The van der Waals surface area contributed by atoms with Gasteiger partial charge in [-0.3, -0.25) is 0 Å². The molecule has 5 heteroatoms. The smallest absolute Gasteiger partial charge is 0.137 e. The Bertz CT molecular complexity index is 438. The first kappa shape index (κ1) is 16.0. The number of rotatable bonds is 6. The zero-order valence-electron chi connectivity index (χ0n) is 13.9. The first-order chi connectivity index (χ1) is 10.2. The highest BCUT2D eigenvalue weighted by Crippen LogP contribution is 2.28. The molecule has 0 aromatic carbocycles. The average Bonchev–Trinajstić information content (AvgIpc) is 2.49. The predicted molar refractivity (Wildman–Crippen MR) is 89.1 cm³/mol. The first-order valence-corrected chi connectivity index (χ1v) is 8.16. The third-order valence-electron chi connectivity index (χ3n) is 4.26. The van der Waals surface area contributed by atoms with E-state index < -0.39 is 0 Å². The van der Waals surface area contributed by atoms with E-state index in [-0.39, 0.29) is 0 Å². The molecule has 1 aromatic heterocycles. The standard InChI is InChI=1S/C16H29N5/c1-5-7-14-15(17-6-2)18-12-19-16(14)21-10-8-13(9-11-21)20(3)4/h12-13H,5-11H2,1-4H3,(H,17,18,19). The summed E-state index contributed by atoms with van der Waals surface area (Å²) in [4.78, 5) is 13.8. The molecule has 0 aliphatic carbocycles. The lowest BCUT2D eigenvalue weighted by Gasteiger charge is -2.36. The van der Waals surface area contributed by atoms with Crippen LogP contribution in [0.15, 0.2) is 6.33 Å². The van der Waals surface area contributed by atoms with E-state index in [0.29, 0.717) is 6.04 Å². The summed E-state index contributed by atoms with van der Waals surface area (Å²) in [6.07, 6.45) is 6.27. The molecule has 1 saturated heterocycles. The maximum Gasteiger partial charge on any atom is 0.137 e. The van der Waals surface area contributed by atoms with Crippen LogP contribution in [0, 0.1) is 0 Å². The molecule has 0 bridgehead atoms. The Hall–Kier alpha value is -1.36. The summed E-state index contributed by atoms with van der Waals surface area (Å²) in [5, 5.41) is 3.38. The van der Waals surface area contributed by atoms with Crippen molar-refractivity contribution in [2.45, 2.75) is 45.6 Å². The molecule has 21 heavy (non-hydrogen) atoms. The monoisotopic (exact) mass is 291 g/mol. The highest BCUT2D eigenvalue weighted by atomic mass is 15.2. The molecule has 2 rings (SSSR count). The molecule has 1 aliphatic heterocycles. The Kier molecular flexibility index (Phi) is 5.79. The maximum absolute atomic E-state index is 4.59. The molecule has 1 N–H and O–H groups in total. The van der Waals surface area contributed by atoms with Crippen LogP contribution in [0.2, 0.25) is 0 Å². The fourth-order valence-corrected chi connectivity index (χ4v) is 3.07. The van der Waals surface area contributed by atoms with Gasteiger partial charge < -0.3 is 15.1 Å². The van der Waals surface area contributed by atoms with Gasteiger partial charge in [-0.15, -0.1) is 0 Å². The number of nitrogens with one attached hydrogen (secondary N) is 1. The molecule has 1 aromatic rings. The van der Waals surface area contributed by atoms with Crippen molar-refractivity contribution in [1.82, 2.24) is 14.9 Å². The summed E-state index contributed by atoms with van der Waals surface area (Å²) in [6.45, 7) is 7.39. The number of piperidine rings is 1. The lowest BCUT2D eigenvalue weighted by Crippen LogP contribution is -2.42. The van der Waals surface area contributed by atoms with Crippen molar-refractivity contribution in [3.63, 3.8) is 0 Å². The van der Waals surface area contributed by atoms with Gasteiger partial charge in [-0.25, -0.2) is 9.97 Å². The molecule has 0 unspecified atom stereocenters. The fourth-order valence-electron chi connectivity index (χ4n) is 3.07. The van der Waals surface area contributed by atoms with Gasteiger partial charge in [0.25, 0.3) is 0 Å². The van der Waals surface area contributed by atoms with Gasteiger partial charge in [0.15, 0.2) is 0 Å². The van der Waals surface area contributed by atoms with Crippen LogP contribution in [0.3, 0.4) is 0 Å². The number of nitrogens with zero attached hydrogens (tertiary/aromatic N) is 4. The number of hydrogen-bond donors (Lipinski definition) is 1. The molecule has 0 radical (unpaired) electrons. The Morgan fingerprint density at radius 3 is 2.52 bits per heavy atom. The summed E-state index contributed by atoms with van der Waals surface area (Å²) in [5.41, 5.74) is 1.28. The summed E-state index contributed by atoms with van der Waals surface area (Å²) in [6, 6.07) is 0.700. The van der Waals surface area contributed by atoms with E-state index >= 15 is 0 Å². The van der Waals surface area contributed by atoms with E-state index in [1.54, 1.807) is 6.33 Å². The Morgan fingerprint density at radius 2 is 1.95 bits per heavy atom. The van der Waals surface area contributed by atoms with E-state index in [0.717, 1.165) is 44.1 Å². The van der Waals surface area contributed by atoms with Gasteiger partial charge in [0, 0.05) is 31.2 Å². The van der Waals surface area contributed by atoms with Crippen molar-refractivity contribution < 1.29 is 0 Å². The molecule has 0 amide bonds. The number of aromatic nitrogens is 2. The minimum Gasteiger partial charge on any atom is -0.370 e. The minimum absolute atomic E-state index is 0.700. The molecular weight excluding hydrogens is 262 g/mol. The molecule has 5 nitrogen and oxygen atoms in total. The van der Waals surface area contributed by atoms with Crippen molar-refractivity contribution in [2.24, 2.45) is 0 Å². The van der Waals surface area contributed by atoms with E-state index in [2.05, 4.69) is 53.0 Å². The predicted octanol–water partition coefficient (Wildman–Crippen LogP) is 2.39. The summed E-state index contributed by atoms with van der Waals surface area (Å²) < 4.78 is 0. The second-order valence-electron chi connectivity index (χ2n) is 5.99. The van der Waals surface area contributed by atoms with Crippen LogP contribution >= 0.6 is 0 Å². The average molecular weight is 291 g/mol. The molecule has 2 heterocycles. The highest BCUT2D eigenvalue weighted by molar-refractivity contribution is 5.59. The number of hydrogen-bond acceptors (Lipinski definition) is 5. The van der Waals surface area contributed by atoms with Crippen molar-refractivity contribution in [3.05, 3.63) is 11.9 Å². The third kappa shape index (κ3) is 3.84. The van der Waals surface area contributed by atoms with Gasteiger partial charge in [0.2, 0.25) is 0 Å². The van der Waals surface area contributed by atoms with Gasteiger partial charge in [-0.05, 0) is 40.3 Å². The van der Waals surface area contributed by atoms with Crippen LogP contribution in [0.1, 0.15) is 38.7 Å². The van der Waals surface area contributed by atoms with Crippen molar-refractivity contribution in [2.75, 3.05) is 43.9 Å². The SMILES string of the molecule is CCCc1c(NCC)ncnc1N1CCC(N(C)C)CC1. The van der Waals surface area contributed by atoms with E-state index in [1.165, 1.54) is 18.4 Å². The van der Waals surface area contributed by atoms with Crippen LogP contribution in [0.4, 0.5) is 11.6 Å². The van der Waals surface area contributed by atoms with Gasteiger partial charge in [-0.1, -0.05) is 13.3 Å². The zero-order valence-corrected chi connectivity index (χ0v) is 13.9. The number of anilines is 2. The van der Waals surface area contributed by atoms with Gasteiger partial charge >= 0.3 is 0 Å². The Balaban J connectivity index is 2.17. The van der Waals surface area contributed by atoms with E-state index in [1.807, 2.05) is 0 Å². The molecular formula is C16H29N5. The Morgan fingerprint density at radius 1 is 1.24 bits per heavy atom. The van der Waals surface area contributed by atoms with Crippen LogP contribution in [0.25, 0.3) is 0 Å². The van der Waals surface area contributed by atoms with Gasteiger partial charge in [0.1, 0.15) is 18.0 Å². The summed E-state index contributed by atoms with van der Waals surface area (Å²) in [5.74, 6) is 2.15. The molecule has 118 valence electrons. The van der Waals surface area contributed by atoms with E-state index in [4.69, 9.17) is 0 Å². The highest BCUT2D eigenvalue weighted by Gasteiger charge is 2.24. The van der Waals surface area contributed by atoms with Gasteiger partial charge in [0.05, 0.1) is 0 Å². The van der Waals surface area contributed by atoms with Crippen LogP contribution < -0.4 is 10.2 Å². The second kappa shape index (κ2) is 7.59.